The van der Waals surface area contributed by atoms with Gasteiger partial charge >= 0.3 is 18.0 Å². The molecule has 118 valence electrons. The minimum absolute atomic E-state index is 0.304. The molecule has 0 aliphatic rings. The van der Waals surface area contributed by atoms with Gasteiger partial charge in [-0.15, -0.1) is 0 Å². The Bertz CT molecular complexity index is 550. The van der Waals surface area contributed by atoms with Gasteiger partial charge in [-0.1, -0.05) is 0 Å². The molecular formula is C11H6F8O2. The summed E-state index contributed by atoms with van der Waals surface area (Å²) < 4.78 is 105. The van der Waals surface area contributed by atoms with Gasteiger partial charge in [-0.25, -0.2) is 4.39 Å². The summed E-state index contributed by atoms with van der Waals surface area (Å²) in [5.41, 5.74) is -1.25. The van der Waals surface area contributed by atoms with E-state index in [4.69, 9.17) is 0 Å². The van der Waals surface area contributed by atoms with Crippen molar-refractivity contribution >= 4 is 5.78 Å². The molecule has 1 rings (SSSR count). The topological polar surface area (TPSA) is 26.3 Å². The molecule has 0 saturated carbocycles. The Balaban J connectivity index is 3.30. The van der Waals surface area contributed by atoms with Crippen molar-refractivity contribution in [2.75, 3.05) is 7.11 Å². The highest BCUT2D eigenvalue weighted by molar-refractivity contribution is 6.02. The van der Waals surface area contributed by atoms with Crippen LogP contribution in [0, 0.1) is 5.82 Å². The van der Waals surface area contributed by atoms with Gasteiger partial charge in [-0.3, -0.25) is 4.79 Å². The van der Waals surface area contributed by atoms with Crippen molar-refractivity contribution < 1.29 is 44.7 Å². The van der Waals surface area contributed by atoms with Crippen molar-refractivity contribution in [3.63, 3.8) is 0 Å². The van der Waals surface area contributed by atoms with E-state index in [2.05, 4.69) is 4.74 Å². The number of ether oxygens (including phenoxy) is 1. The van der Waals surface area contributed by atoms with Gasteiger partial charge in [-0.05, 0) is 18.2 Å². The molecule has 21 heavy (non-hydrogen) atoms. The van der Waals surface area contributed by atoms with E-state index in [-0.39, 0.29) is 0 Å². The largest absolute Gasteiger partial charge is 0.494 e. The smallest absolute Gasteiger partial charge is 0.460 e. The van der Waals surface area contributed by atoms with Crippen molar-refractivity contribution in [3.8, 4) is 5.75 Å². The fourth-order valence-corrected chi connectivity index (χ4v) is 1.30. The molecule has 0 aliphatic heterocycles. The number of hydrogen-bond donors (Lipinski definition) is 0. The van der Waals surface area contributed by atoms with Gasteiger partial charge in [0.25, 0.3) is 0 Å². The Morgan fingerprint density at radius 2 is 1.57 bits per heavy atom. The van der Waals surface area contributed by atoms with E-state index in [0.717, 1.165) is 7.11 Å². The number of hydrogen-bond acceptors (Lipinski definition) is 2. The van der Waals surface area contributed by atoms with Gasteiger partial charge in [-0.2, -0.15) is 30.7 Å². The van der Waals surface area contributed by atoms with E-state index in [9.17, 15) is 39.9 Å². The first kappa shape index (κ1) is 17.2. The van der Waals surface area contributed by atoms with E-state index in [1.807, 2.05) is 0 Å². The van der Waals surface area contributed by atoms with Crippen molar-refractivity contribution in [2.45, 2.75) is 18.0 Å². The average Bonchev–Trinajstić information content (AvgIpc) is 2.36. The molecule has 0 aromatic heterocycles. The number of Topliss-reactive ketones (excluding diaryl/α,β-unsaturated/α-hetero) is 1. The minimum atomic E-state index is -6.63. The lowest BCUT2D eigenvalue weighted by molar-refractivity contribution is -0.339. The molecule has 0 radical (unpaired) electrons. The van der Waals surface area contributed by atoms with Gasteiger partial charge in [0, 0.05) is 5.56 Å². The molecule has 0 unspecified atom stereocenters. The van der Waals surface area contributed by atoms with Crippen molar-refractivity contribution in [1.29, 1.82) is 0 Å². The first-order chi connectivity index (χ1) is 9.36. The molecule has 0 amide bonds. The highest BCUT2D eigenvalue weighted by atomic mass is 19.4. The summed E-state index contributed by atoms with van der Waals surface area (Å²) in [5.74, 6) is -17.3. The van der Waals surface area contributed by atoms with Gasteiger partial charge in [0.2, 0.25) is 5.78 Å². The number of rotatable bonds is 4. The molecule has 10 heteroatoms. The second kappa shape index (κ2) is 5.15. The number of carbonyl (C=O) groups excluding carboxylic acids is 1. The van der Waals surface area contributed by atoms with Crippen LogP contribution in [0.2, 0.25) is 0 Å². The van der Waals surface area contributed by atoms with Crippen LogP contribution in [0.5, 0.6) is 5.75 Å². The number of halogens is 8. The van der Waals surface area contributed by atoms with Crippen LogP contribution in [0.25, 0.3) is 0 Å². The van der Waals surface area contributed by atoms with Crippen LogP contribution < -0.4 is 4.74 Å². The van der Waals surface area contributed by atoms with E-state index in [0.29, 0.717) is 18.2 Å². The zero-order valence-electron chi connectivity index (χ0n) is 10.1. The minimum Gasteiger partial charge on any atom is -0.494 e. The molecule has 0 spiro atoms. The lowest BCUT2D eigenvalue weighted by Gasteiger charge is -2.27. The molecule has 0 N–H and O–H groups in total. The highest BCUT2D eigenvalue weighted by Gasteiger charge is 2.76. The van der Waals surface area contributed by atoms with E-state index < -0.39 is 40.9 Å². The molecule has 0 aliphatic carbocycles. The zero-order valence-corrected chi connectivity index (χ0v) is 10.1. The van der Waals surface area contributed by atoms with Gasteiger partial charge < -0.3 is 4.74 Å². The van der Waals surface area contributed by atoms with Crippen LogP contribution >= 0.6 is 0 Å². The molecule has 2 nitrogen and oxygen atoms in total. The van der Waals surface area contributed by atoms with Crippen LogP contribution in [-0.4, -0.2) is 30.9 Å². The number of carbonyl (C=O) groups is 1. The maximum Gasteiger partial charge on any atom is 0.460 e. The molecule has 0 saturated heterocycles. The Kier molecular flexibility index (Phi) is 4.22. The number of ketones is 1. The maximum atomic E-state index is 13.2. The molecule has 0 heterocycles. The molecular weight excluding hydrogens is 316 g/mol. The SMILES string of the molecule is COc1cc(C(=O)C(F)(F)C(F)(F)C(F)(F)F)ccc1F. The second-order valence-electron chi connectivity index (χ2n) is 3.82. The van der Waals surface area contributed by atoms with Gasteiger partial charge in [0.15, 0.2) is 11.6 Å². The lowest BCUT2D eigenvalue weighted by Crippen LogP contribution is -2.56. The fraction of sp³-hybridized carbons (Fsp3) is 0.364. The monoisotopic (exact) mass is 322 g/mol. The third-order valence-corrected chi connectivity index (χ3v) is 2.45. The average molecular weight is 322 g/mol. The number of methoxy groups -OCH3 is 1. The standard InChI is InChI=1S/C11H6F8O2/c1-21-7-4-5(2-3-6(7)12)8(20)9(13,14)10(15,16)11(17,18)19/h2-4H,1H3. The van der Waals surface area contributed by atoms with E-state index in [1.54, 1.807) is 0 Å². The Hall–Kier alpha value is -1.87. The Morgan fingerprint density at radius 1 is 1.05 bits per heavy atom. The summed E-state index contributed by atoms with van der Waals surface area (Å²) in [6.07, 6.45) is -6.63. The van der Waals surface area contributed by atoms with Crippen LogP contribution in [0.4, 0.5) is 35.1 Å². The summed E-state index contributed by atoms with van der Waals surface area (Å²) in [6, 6.07) is 1.08. The first-order valence-electron chi connectivity index (χ1n) is 5.07. The molecule has 1 aromatic carbocycles. The molecule has 0 bridgehead atoms. The van der Waals surface area contributed by atoms with Crippen molar-refractivity contribution in [3.05, 3.63) is 29.6 Å². The molecule has 0 atom stereocenters. The summed E-state index contributed by atoms with van der Waals surface area (Å²) in [4.78, 5) is 11.2. The predicted octanol–water partition coefficient (Wildman–Crippen LogP) is 3.85. The Morgan fingerprint density at radius 3 is 2.00 bits per heavy atom. The maximum absolute atomic E-state index is 13.2. The number of benzene rings is 1. The van der Waals surface area contributed by atoms with Crippen LogP contribution in [-0.2, 0) is 0 Å². The fourth-order valence-electron chi connectivity index (χ4n) is 1.30. The van der Waals surface area contributed by atoms with Gasteiger partial charge in [0.1, 0.15) is 0 Å². The van der Waals surface area contributed by atoms with E-state index in [1.165, 1.54) is 0 Å². The third kappa shape index (κ3) is 2.79. The predicted molar refractivity (Wildman–Crippen MR) is 53.2 cm³/mol. The van der Waals surface area contributed by atoms with Crippen molar-refractivity contribution in [1.82, 2.24) is 0 Å². The van der Waals surface area contributed by atoms with Crippen LogP contribution in [0.3, 0.4) is 0 Å². The third-order valence-electron chi connectivity index (χ3n) is 2.45. The summed E-state index contributed by atoms with van der Waals surface area (Å²) in [6.45, 7) is 0. The second-order valence-corrected chi connectivity index (χ2v) is 3.82. The zero-order chi connectivity index (χ0) is 16.6. The van der Waals surface area contributed by atoms with Gasteiger partial charge in [0.05, 0.1) is 7.11 Å². The quantitative estimate of drug-likeness (QED) is 0.622. The van der Waals surface area contributed by atoms with Crippen molar-refractivity contribution in [2.24, 2.45) is 0 Å². The Labute approximate surface area is 112 Å². The first-order valence-corrected chi connectivity index (χ1v) is 5.07. The lowest BCUT2D eigenvalue weighted by atomic mass is 9.99. The summed E-state index contributed by atoms with van der Waals surface area (Å²) in [7, 11) is 0.884. The van der Waals surface area contributed by atoms with Crippen LogP contribution in [0.1, 0.15) is 10.4 Å². The molecule has 1 aromatic rings. The summed E-state index contributed by atoms with van der Waals surface area (Å²) in [5, 5.41) is 0. The number of alkyl halides is 7. The summed E-state index contributed by atoms with van der Waals surface area (Å²) >= 11 is 0. The normalized spacial score (nSPS) is 13.2. The van der Waals surface area contributed by atoms with Crippen LogP contribution in [0.15, 0.2) is 18.2 Å². The molecule has 0 fully saturated rings. The van der Waals surface area contributed by atoms with E-state index >= 15 is 0 Å². The highest BCUT2D eigenvalue weighted by Crippen LogP contribution is 2.47.